The van der Waals surface area contributed by atoms with Crippen LogP contribution in [-0.2, 0) is 22.6 Å². The molecule has 1 amide bonds. The minimum Gasteiger partial charge on any atom is -0.510 e. The van der Waals surface area contributed by atoms with Crippen LogP contribution in [0.5, 0.6) is 5.75 Å². The lowest BCUT2D eigenvalue weighted by Gasteiger charge is -2.50. The van der Waals surface area contributed by atoms with Crippen LogP contribution in [0, 0.1) is 17.8 Å². The Labute approximate surface area is 221 Å². The molecule has 1 aromatic carbocycles. The number of hydrogen-bond acceptors (Lipinski definition) is 9. The monoisotopic (exact) mass is 525 g/mol. The van der Waals surface area contributed by atoms with Gasteiger partial charge in [0.15, 0.2) is 11.4 Å². The Morgan fingerprint density at radius 1 is 1.16 bits per heavy atom. The molecule has 3 aliphatic carbocycles. The van der Waals surface area contributed by atoms with E-state index >= 15 is 0 Å². The Bertz CT molecular complexity index is 1290. The smallest absolute Gasteiger partial charge is 0.255 e. The summed E-state index contributed by atoms with van der Waals surface area (Å²) in [7, 11) is 3.23. The first-order chi connectivity index (χ1) is 17.9. The fraction of sp³-hybridized carbons (Fsp3) is 0.536. The molecule has 4 aliphatic rings. The lowest BCUT2D eigenvalue weighted by molar-refractivity contribution is -0.148. The van der Waals surface area contributed by atoms with Gasteiger partial charge in [0.25, 0.3) is 5.91 Å². The van der Waals surface area contributed by atoms with Crippen LogP contribution in [0.15, 0.2) is 34.8 Å². The maximum Gasteiger partial charge on any atom is 0.255 e. The molecule has 0 saturated carbocycles. The molecule has 0 radical (unpaired) electrons. The Hall–Kier alpha value is -3.21. The predicted octanol–water partition coefficient (Wildman–Crippen LogP) is 1.35. The van der Waals surface area contributed by atoms with Gasteiger partial charge in [-0.25, -0.2) is 0 Å². The summed E-state index contributed by atoms with van der Waals surface area (Å²) >= 11 is 0. The molecule has 0 unspecified atom stereocenters. The van der Waals surface area contributed by atoms with Crippen LogP contribution in [0.4, 0.5) is 0 Å². The molecule has 0 spiro atoms. The van der Waals surface area contributed by atoms with Crippen LogP contribution < -0.4 is 5.73 Å². The van der Waals surface area contributed by atoms with Gasteiger partial charge in [-0.1, -0.05) is 13.0 Å². The van der Waals surface area contributed by atoms with Crippen LogP contribution in [0.3, 0.4) is 0 Å². The minimum atomic E-state index is -2.62. The largest absolute Gasteiger partial charge is 0.510 e. The van der Waals surface area contributed by atoms with Gasteiger partial charge >= 0.3 is 0 Å². The molecular weight excluding hydrogens is 490 g/mol. The number of fused-ring (bicyclic) bond motifs is 3. The van der Waals surface area contributed by atoms with E-state index in [2.05, 4.69) is 11.8 Å². The highest BCUT2D eigenvalue weighted by molar-refractivity contribution is 6.24. The Kier molecular flexibility index (Phi) is 6.40. The summed E-state index contributed by atoms with van der Waals surface area (Å²) in [5.41, 5.74) is 3.49. The van der Waals surface area contributed by atoms with Crippen LogP contribution in [0.1, 0.15) is 47.7 Å². The number of phenols is 1. The third-order valence-corrected chi connectivity index (χ3v) is 8.97. The summed E-state index contributed by atoms with van der Waals surface area (Å²) in [6.07, 6.45) is 2.57. The number of aromatic hydroxyl groups is 1. The Morgan fingerprint density at radius 2 is 1.82 bits per heavy atom. The average Bonchev–Trinajstić information content (AvgIpc) is 2.84. The molecule has 1 saturated heterocycles. The van der Waals surface area contributed by atoms with Gasteiger partial charge in [-0.3, -0.25) is 24.2 Å². The molecule has 10 nitrogen and oxygen atoms in total. The molecule has 204 valence electrons. The number of likely N-dealkylation sites (tertiary alicyclic amines) is 1. The lowest BCUT2D eigenvalue weighted by Crippen LogP contribution is -2.63. The summed E-state index contributed by atoms with van der Waals surface area (Å²) < 4.78 is 0. The van der Waals surface area contributed by atoms with E-state index in [4.69, 9.17) is 5.73 Å². The number of amides is 1. The van der Waals surface area contributed by atoms with Crippen LogP contribution in [-0.4, -0.2) is 86.5 Å². The molecule has 0 aromatic heterocycles. The minimum absolute atomic E-state index is 0.0636. The van der Waals surface area contributed by atoms with E-state index in [0.717, 1.165) is 31.5 Å². The summed E-state index contributed by atoms with van der Waals surface area (Å²) in [6, 6.07) is 2.30. The Morgan fingerprint density at radius 3 is 2.42 bits per heavy atom. The van der Waals surface area contributed by atoms with Gasteiger partial charge in [-0.15, -0.1) is 0 Å². The molecule has 38 heavy (non-hydrogen) atoms. The van der Waals surface area contributed by atoms with Crippen LogP contribution in [0.2, 0.25) is 0 Å². The quantitative estimate of drug-likeness (QED) is 0.365. The van der Waals surface area contributed by atoms with E-state index < -0.39 is 58.0 Å². The van der Waals surface area contributed by atoms with Crippen molar-refractivity contribution in [3.63, 3.8) is 0 Å². The first-order valence-corrected chi connectivity index (χ1v) is 13.1. The van der Waals surface area contributed by atoms with E-state index in [1.165, 1.54) is 6.07 Å². The van der Waals surface area contributed by atoms with E-state index in [0.29, 0.717) is 24.4 Å². The summed E-state index contributed by atoms with van der Waals surface area (Å²) in [5, 5.41) is 44.6. The van der Waals surface area contributed by atoms with Crippen molar-refractivity contribution >= 4 is 17.5 Å². The van der Waals surface area contributed by atoms with Gasteiger partial charge in [0.2, 0.25) is 5.78 Å². The number of ketones is 2. The second-order valence-electron chi connectivity index (χ2n) is 11.5. The average molecular weight is 526 g/mol. The van der Waals surface area contributed by atoms with Gasteiger partial charge in [0.05, 0.1) is 11.6 Å². The van der Waals surface area contributed by atoms with E-state index in [-0.39, 0.29) is 23.3 Å². The van der Waals surface area contributed by atoms with E-state index in [1.54, 1.807) is 19.0 Å². The van der Waals surface area contributed by atoms with E-state index in [9.17, 15) is 34.8 Å². The molecule has 6 N–H and O–H groups in total. The van der Waals surface area contributed by atoms with Crippen LogP contribution in [0.25, 0.3) is 0 Å². The Balaban J connectivity index is 1.61. The third kappa shape index (κ3) is 3.77. The van der Waals surface area contributed by atoms with Gasteiger partial charge in [0.1, 0.15) is 22.8 Å². The molecule has 4 atom stereocenters. The number of aliphatic hydroxyl groups is 3. The normalized spacial score (nSPS) is 30.4. The van der Waals surface area contributed by atoms with Gasteiger partial charge in [-0.2, -0.15) is 0 Å². The van der Waals surface area contributed by atoms with Crippen molar-refractivity contribution in [2.24, 2.45) is 23.5 Å². The number of benzene rings is 1. The number of piperidine rings is 1. The number of rotatable bonds is 4. The first kappa shape index (κ1) is 26.4. The number of allylic oxidation sites excluding steroid dienone is 1. The molecular formula is C28H35N3O7. The van der Waals surface area contributed by atoms with Crippen molar-refractivity contribution in [3.05, 3.63) is 51.5 Å². The molecule has 1 fully saturated rings. The molecule has 1 heterocycles. The van der Waals surface area contributed by atoms with Crippen molar-refractivity contribution in [3.8, 4) is 5.75 Å². The molecule has 1 aliphatic heterocycles. The summed E-state index contributed by atoms with van der Waals surface area (Å²) in [4.78, 5) is 43.1. The number of Topliss-reactive ketones (excluding diaryl/α,β-unsaturated/α-hetero) is 2. The highest BCUT2D eigenvalue weighted by atomic mass is 16.3. The SMILES string of the molecule is CC1CCN(Cc2ccc(O)c3c2C[C@H]2C[C@H]4[C@H](N(C)C)C(O)=C(C(N)=O)C(=O)[C@@]4(O)C(O)=C2C3=O)CC1. The third-order valence-electron chi connectivity index (χ3n) is 8.97. The van der Waals surface area contributed by atoms with Crippen molar-refractivity contribution in [2.45, 2.75) is 50.8 Å². The summed E-state index contributed by atoms with van der Waals surface area (Å²) in [5.74, 6) is -5.69. The molecule has 0 bridgehead atoms. The summed E-state index contributed by atoms with van der Waals surface area (Å²) in [6.45, 7) is 4.74. The van der Waals surface area contributed by atoms with Gasteiger partial charge in [-0.05, 0) is 81.9 Å². The number of primary amides is 1. The van der Waals surface area contributed by atoms with Crippen molar-refractivity contribution in [1.29, 1.82) is 0 Å². The standard InChI is InChI=1S/C28H35N3O7/c1-13-6-8-31(9-7-13)12-14-4-5-18(32)20-16(14)10-15-11-17-22(30(2)3)24(34)21(27(29)37)26(36)28(17,38)25(35)19(15)23(20)33/h4-5,13,15,17,22,32,34-35,38H,6-12H2,1-3H3,(H2,29,37)/t15-,17-,22-,28-/m0/s1. The van der Waals surface area contributed by atoms with Crippen molar-refractivity contribution in [2.75, 3.05) is 27.2 Å². The van der Waals surface area contributed by atoms with Crippen LogP contribution >= 0.6 is 0 Å². The fourth-order valence-corrected chi connectivity index (χ4v) is 6.92. The van der Waals surface area contributed by atoms with Gasteiger partial charge in [0, 0.05) is 18.0 Å². The number of carbonyl (C=O) groups excluding carboxylic acids is 3. The molecule has 5 rings (SSSR count). The zero-order valence-corrected chi connectivity index (χ0v) is 21.9. The fourth-order valence-electron chi connectivity index (χ4n) is 6.92. The predicted molar refractivity (Wildman–Crippen MR) is 137 cm³/mol. The molecule has 1 aromatic rings. The number of nitrogens with zero attached hydrogens (tertiary/aromatic N) is 2. The second kappa shape index (κ2) is 9.21. The first-order valence-electron chi connectivity index (χ1n) is 13.1. The number of phenolic OH excluding ortho intramolecular Hbond substituents is 1. The van der Waals surface area contributed by atoms with Crippen molar-refractivity contribution < 1.29 is 34.8 Å². The number of carbonyl (C=O) groups is 3. The number of nitrogens with two attached hydrogens (primary N) is 1. The van der Waals surface area contributed by atoms with Crippen molar-refractivity contribution in [1.82, 2.24) is 9.80 Å². The number of aliphatic hydroxyl groups excluding tert-OH is 2. The molecule has 10 heteroatoms. The highest BCUT2D eigenvalue weighted by Gasteiger charge is 2.63. The maximum absolute atomic E-state index is 13.8. The van der Waals surface area contributed by atoms with E-state index in [1.807, 2.05) is 6.07 Å². The van der Waals surface area contributed by atoms with Gasteiger partial charge < -0.3 is 26.2 Å². The topological polar surface area (TPSA) is 165 Å². The zero-order valence-electron chi connectivity index (χ0n) is 21.9. The lowest BCUT2D eigenvalue weighted by atomic mass is 9.58. The maximum atomic E-state index is 13.8. The highest BCUT2D eigenvalue weighted by Crippen LogP contribution is 2.52. The second-order valence-corrected chi connectivity index (χ2v) is 11.5. The zero-order chi connectivity index (χ0) is 27.7. The number of likely N-dealkylation sites (N-methyl/N-ethyl adjacent to an activating group) is 1. The number of hydrogen-bond donors (Lipinski definition) is 5.